The van der Waals surface area contributed by atoms with Crippen molar-refractivity contribution in [3.05, 3.63) is 64.7 Å². The minimum atomic E-state index is -0.0198. The molecule has 0 fully saturated rings. The number of nitrogens with one attached hydrogen (secondary N) is 1. The molecule has 1 N–H and O–H groups in total. The molecular formula is C18H20ClNO. The van der Waals surface area contributed by atoms with Crippen LogP contribution in [0.5, 0.6) is 0 Å². The summed E-state index contributed by atoms with van der Waals surface area (Å²) in [5.74, 6) is 0.525. The first-order valence-electron chi connectivity index (χ1n) is 7.22. The molecule has 0 spiro atoms. The fraction of sp³-hybridized carbons (Fsp3) is 0.278. The van der Waals surface area contributed by atoms with E-state index in [1.54, 1.807) is 12.1 Å². The van der Waals surface area contributed by atoms with Gasteiger partial charge in [0.05, 0.1) is 6.42 Å². The van der Waals surface area contributed by atoms with Crippen molar-refractivity contribution in [2.45, 2.75) is 32.6 Å². The minimum absolute atomic E-state index is 0.0198. The highest BCUT2D eigenvalue weighted by atomic mass is 35.5. The molecule has 0 saturated heterocycles. The van der Waals surface area contributed by atoms with Crippen molar-refractivity contribution >= 4 is 23.2 Å². The Kier molecular flexibility index (Phi) is 5.40. The molecule has 2 aromatic rings. The van der Waals surface area contributed by atoms with Crippen LogP contribution < -0.4 is 5.32 Å². The van der Waals surface area contributed by atoms with E-state index < -0.39 is 0 Å². The standard InChI is InChI=1S/C18H20ClNO/c1-3-13(2)15-6-10-17(11-7-15)20-18(21)12-14-4-8-16(19)9-5-14/h4-11,13H,3,12H2,1-2H3,(H,20,21). The lowest BCUT2D eigenvalue weighted by Gasteiger charge is -2.10. The Morgan fingerprint density at radius 3 is 2.29 bits per heavy atom. The van der Waals surface area contributed by atoms with Crippen LogP contribution in [0.2, 0.25) is 5.02 Å². The zero-order valence-corrected chi connectivity index (χ0v) is 13.2. The zero-order chi connectivity index (χ0) is 15.2. The molecule has 0 aliphatic heterocycles. The second kappa shape index (κ2) is 7.28. The molecule has 110 valence electrons. The third-order valence-corrected chi connectivity index (χ3v) is 3.91. The van der Waals surface area contributed by atoms with Crippen LogP contribution in [0.3, 0.4) is 0 Å². The highest BCUT2D eigenvalue weighted by Crippen LogP contribution is 2.20. The van der Waals surface area contributed by atoms with Crippen LogP contribution in [0.15, 0.2) is 48.5 Å². The van der Waals surface area contributed by atoms with Crippen LogP contribution in [-0.4, -0.2) is 5.91 Å². The zero-order valence-electron chi connectivity index (χ0n) is 12.4. The van der Waals surface area contributed by atoms with Crippen molar-refractivity contribution in [1.29, 1.82) is 0 Å². The van der Waals surface area contributed by atoms with Gasteiger partial charge < -0.3 is 5.32 Å². The summed E-state index contributed by atoms with van der Waals surface area (Å²) in [4.78, 5) is 12.0. The van der Waals surface area contributed by atoms with Crippen molar-refractivity contribution < 1.29 is 4.79 Å². The van der Waals surface area contributed by atoms with Gasteiger partial charge in [0.15, 0.2) is 0 Å². The summed E-state index contributed by atoms with van der Waals surface area (Å²) in [5, 5.41) is 3.60. The summed E-state index contributed by atoms with van der Waals surface area (Å²) in [6, 6.07) is 15.4. The lowest BCUT2D eigenvalue weighted by atomic mass is 9.98. The Labute approximate surface area is 131 Å². The number of amides is 1. The number of carbonyl (C=O) groups excluding carboxylic acids is 1. The second-order valence-electron chi connectivity index (χ2n) is 5.28. The maximum Gasteiger partial charge on any atom is 0.228 e. The lowest BCUT2D eigenvalue weighted by molar-refractivity contribution is -0.115. The van der Waals surface area contributed by atoms with Gasteiger partial charge in [-0.3, -0.25) is 4.79 Å². The number of benzene rings is 2. The van der Waals surface area contributed by atoms with Crippen LogP contribution in [0.25, 0.3) is 0 Å². The predicted molar refractivity (Wildman–Crippen MR) is 88.9 cm³/mol. The van der Waals surface area contributed by atoms with Gasteiger partial charge in [-0.2, -0.15) is 0 Å². The number of hydrogen-bond acceptors (Lipinski definition) is 1. The van der Waals surface area contributed by atoms with Gasteiger partial charge in [0.2, 0.25) is 5.91 Å². The van der Waals surface area contributed by atoms with E-state index in [0.29, 0.717) is 17.4 Å². The molecule has 2 nitrogen and oxygen atoms in total. The van der Waals surface area contributed by atoms with Gasteiger partial charge in [-0.05, 0) is 47.7 Å². The Balaban J connectivity index is 1.94. The van der Waals surface area contributed by atoms with E-state index in [9.17, 15) is 4.79 Å². The van der Waals surface area contributed by atoms with Gasteiger partial charge in [-0.1, -0.05) is 49.7 Å². The molecule has 0 bridgehead atoms. The van der Waals surface area contributed by atoms with Crippen molar-refractivity contribution in [2.24, 2.45) is 0 Å². The van der Waals surface area contributed by atoms with E-state index in [2.05, 4.69) is 31.3 Å². The third-order valence-electron chi connectivity index (χ3n) is 3.65. The summed E-state index contributed by atoms with van der Waals surface area (Å²) < 4.78 is 0. The molecule has 2 rings (SSSR count). The second-order valence-corrected chi connectivity index (χ2v) is 5.72. The summed E-state index contributed by atoms with van der Waals surface area (Å²) in [6.45, 7) is 4.38. The highest BCUT2D eigenvalue weighted by Gasteiger charge is 2.06. The first kappa shape index (κ1) is 15.6. The van der Waals surface area contributed by atoms with E-state index in [1.165, 1.54) is 5.56 Å². The maximum absolute atomic E-state index is 12.0. The van der Waals surface area contributed by atoms with Crippen LogP contribution in [-0.2, 0) is 11.2 Å². The van der Waals surface area contributed by atoms with Crippen LogP contribution in [0.1, 0.15) is 37.3 Å². The fourth-order valence-electron chi connectivity index (χ4n) is 2.12. The number of halogens is 1. The van der Waals surface area contributed by atoms with Gasteiger partial charge in [0, 0.05) is 10.7 Å². The van der Waals surface area contributed by atoms with E-state index in [-0.39, 0.29) is 5.91 Å². The van der Waals surface area contributed by atoms with E-state index in [4.69, 9.17) is 11.6 Å². The maximum atomic E-state index is 12.0. The molecular weight excluding hydrogens is 282 g/mol. The molecule has 0 radical (unpaired) electrons. The molecule has 0 aliphatic carbocycles. The number of anilines is 1. The topological polar surface area (TPSA) is 29.1 Å². The first-order valence-corrected chi connectivity index (χ1v) is 7.60. The monoisotopic (exact) mass is 301 g/mol. The molecule has 0 saturated carbocycles. The first-order chi connectivity index (χ1) is 10.1. The van der Waals surface area contributed by atoms with Gasteiger partial charge in [0.1, 0.15) is 0 Å². The van der Waals surface area contributed by atoms with Crippen molar-refractivity contribution in [1.82, 2.24) is 0 Å². The molecule has 3 heteroatoms. The summed E-state index contributed by atoms with van der Waals surface area (Å²) >= 11 is 5.83. The van der Waals surface area contributed by atoms with Gasteiger partial charge >= 0.3 is 0 Å². The molecule has 0 aromatic heterocycles. The predicted octanol–water partition coefficient (Wildman–Crippen LogP) is 5.03. The van der Waals surface area contributed by atoms with Gasteiger partial charge in [-0.15, -0.1) is 0 Å². The van der Waals surface area contributed by atoms with Crippen molar-refractivity contribution in [3.63, 3.8) is 0 Å². The normalized spacial score (nSPS) is 12.0. The summed E-state index contributed by atoms with van der Waals surface area (Å²) in [6.07, 6.45) is 1.46. The minimum Gasteiger partial charge on any atom is -0.326 e. The lowest BCUT2D eigenvalue weighted by Crippen LogP contribution is -2.14. The molecule has 1 unspecified atom stereocenters. The molecule has 1 amide bonds. The Morgan fingerprint density at radius 2 is 1.71 bits per heavy atom. The van der Waals surface area contributed by atoms with Crippen molar-refractivity contribution in [3.8, 4) is 0 Å². The Morgan fingerprint density at radius 1 is 1.10 bits per heavy atom. The fourth-order valence-corrected chi connectivity index (χ4v) is 2.25. The quantitative estimate of drug-likeness (QED) is 0.824. The van der Waals surface area contributed by atoms with E-state index in [1.807, 2.05) is 24.3 Å². The van der Waals surface area contributed by atoms with Crippen molar-refractivity contribution in [2.75, 3.05) is 5.32 Å². The molecule has 1 atom stereocenters. The van der Waals surface area contributed by atoms with Crippen LogP contribution >= 0.6 is 11.6 Å². The Hall–Kier alpha value is -1.80. The van der Waals surface area contributed by atoms with E-state index >= 15 is 0 Å². The molecule has 2 aromatic carbocycles. The largest absolute Gasteiger partial charge is 0.326 e. The number of rotatable bonds is 5. The summed E-state index contributed by atoms with van der Waals surface area (Å²) in [7, 11) is 0. The number of carbonyl (C=O) groups is 1. The highest BCUT2D eigenvalue weighted by molar-refractivity contribution is 6.30. The molecule has 21 heavy (non-hydrogen) atoms. The average Bonchev–Trinajstić information content (AvgIpc) is 2.49. The summed E-state index contributed by atoms with van der Waals surface area (Å²) in [5.41, 5.74) is 3.09. The van der Waals surface area contributed by atoms with Gasteiger partial charge in [0.25, 0.3) is 0 Å². The SMILES string of the molecule is CCC(C)c1ccc(NC(=O)Cc2ccc(Cl)cc2)cc1. The average molecular weight is 302 g/mol. The molecule has 0 aliphatic rings. The smallest absolute Gasteiger partial charge is 0.228 e. The number of hydrogen-bond donors (Lipinski definition) is 1. The Bertz CT molecular complexity index is 590. The van der Waals surface area contributed by atoms with Crippen LogP contribution in [0.4, 0.5) is 5.69 Å². The molecule has 0 heterocycles. The van der Waals surface area contributed by atoms with Crippen LogP contribution in [0, 0.1) is 0 Å². The van der Waals surface area contributed by atoms with Gasteiger partial charge in [-0.25, -0.2) is 0 Å². The van der Waals surface area contributed by atoms with E-state index in [0.717, 1.165) is 17.7 Å². The third kappa shape index (κ3) is 4.61.